The molecule has 0 unspecified atom stereocenters. The number of aromatic nitrogens is 4. The first-order chi connectivity index (χ1) is 9.69. The van der Waals surface area contributed by atoms with Crippen LogP contribution in [0, 0.1) is 6.92 Å². The highest BCUT2D eigenvalue weighted by Crippen LogP contribution is 2.22. The zero-order valence-corrected chi connectivity index (χ0v) is 13.0. The molecule has 0 saturated heterocycles. The summed E-state index contributed by atoms with van der Waals surface area (Å²) >= 11 is 0. The highest BCUT2D eigenvalue weighted by Gasteiger charge is 2.16. The van der Waals surface area contributed by atoms with Crippen LogP contribution in [-0.4, -0.2) is 19.3 Å². The SMILES string of the molecule is CCCCCCCCn1c(N)nc2c(C)nn(CC)c21. The van der Waals surface area contributed by atoms with Gasteiger partial charge < -0.3 is 5.73 Å². The normalized spacial score (nSPS) is 11.6. The van der Waals surface area contributed by atoms with Crippen molar-refractivity contribution in [3.05, 3.63) is 5.69 Å². The van der Waals surface area contributed by atoms with E-state index in [0.717, 1.165) is 36.4 Å². The second-order valence-corrected chi connectivity index (χ2v) is 5.46. The molecule has 2 heterocycles. The van der Waals surface area contributed by atoms with Crippen LogP contribution in [0.4, 0.5) is 5.95 Å². The van der Waals surface area contributed by atoms with Crippen molar-refractivity contribution in [1.29, 1.82) is 0 Å². The van der Waals surface area contributed by atoms with Crippen LogP contribution >= 0.6 is 0 Å². The molecule has 2 N–H and O–H groups in total. The minimum Gasteiger partial charge on any atom is -0.369 e. The van der Waals surface area contributed by atoms with Gasteiger partial charge in [0.2, 0.25) is 5.95 Å². The van der Waals surface area contributed by atoms with Crippen LogP contribution in [0.5, 0.6) is 0 Å². The molecule has 0 saturated carbocycles. The second kappa shape index (κ2) is 6.77. The number of nitrogens with two attached hydrogens (primary N) is 1. The number of anilines is 1. The fourth-order valence-corrected chi connectivity index (χ4v) is 2.73. The maximum Gasteiger partial charge on any atom is 0.202 e. The van der Waals surface area contributed by atoms with Crippen molar-refractivity contribution in [3.63, 3.8) is 0 Å². The van der Waals surface area contributed by atoms with E-state index in [-0.39, 0.29) is 0 Å². The zero-order valence-electron chi connectivity index (χ0n) is 13.0. The largest absolute Gasteiger partial charge is 0.369 e. The maximum atomic E-state index is 6.06. The molecule has 5 heteroatoms. The van der Waals surface area contributed by atoms with Gasteiger partial charge in [-0.25, -0.2) is 9.67 Å². The predicted octanol–water partition coefficient (Wildman–Crippen LogP) is 3.50. The summed E-state index contributed by atoms with van der Waals surface area (Å²) in [6.07, 6.45) is 7.73. The van der Waals surface area contributed by atoms with Crippen molar-refractivity contribution in [2.24, 2.45) is 0 Å². The standard InChI is InChI=1S/C15H27N5/c1-4-6-7-8-9-10-11-19-14-13(17-15(19)16)12(3)18-20(14)5-2/h4-11H2,1-3H3,(H2,16,17). The molecule has 112 valence electrons. The summed E-state index contributed by atoms with van der Waals surface area (Å²) in [7, 11) is 0. The van der Waals surface area contributed by atoms with Crippen molar-refractivity contribution in [1.82, 2.24) is 19.3 Å². The first-order valence-corrected chi connectivity index (χ1v) is 7.88. The van der Waals surface area contributed by atoms with E-state index in [1.54, 1.807) is 0 Å². The number of nitrogen functional groups attached to an aromatic ring is 1. The van der Waals surface area contributed by atoms with Crippen LogP contribution in [0.2, 0.25) is 0 Å². The second-order valence-electron chi connectivity index (χ2n) is 5.46. The Morgan fingerprint density at radius 2 is 1.75 bits per heavy atom. The Morgan fingerprint density at radius 1 is 1.05 bits per heavy atom. The fourth-order valence-electron chi connectivity index (χ4n) is 2.73. The van der Waals surface area contributed by atoms with Gasteiger partial charge in [-0.1, -0.05) is 39.0 Å². The molecule has 20 heavy (non-hydrogen) atoms. The van der Waals surface area contributed by atoms with Crippen molar-refractivity contribution in [3.8, 4) is 0 Å². The highest BCUT2D eigenvalue weighted by molar-refractivity contribution is 5.77. The van der Waals surface area contributed by atoms with Gasteiger partial charge in [0, 0.05) is 13.1 Å². The van der Waals surface area contributed by atoms with Crippen molar-refractivity contribution < 1.29 is 0 Å². The van der Waals surface area contributed by atoms with Gasteiger partial charge in [-0.2, -0.15) is 5.10 Å². The Balaban J connectivity index is 2.04. The Hall–Kier alpha value is -1.52. The lowest BCUT2D eigenvalue weighted by Crippen LogP contribution is -2.08. The van der Waals surface area contributed by atoms with Crippen molar-refractivity contribution >= 4 is 17.1 Å². The molecular formula is C15H27N5. The molecular weight excluding hydrogens is 250 g/mol. The van der Waals surface area contributed by atoms with E-state index in [4.69, 9.17) is 5.73 Å². The van der Waals surface area contributed by atoms with Gasteiger partial charge in [0.15, 0.2) is 5.65 Å². The summed E-state index contributed by atoms with van der Waals surface area (Å²) in [6.45, 7) is 8.14. The van der Waals surface area contributed by atoms with Crippen molar-refractivity contribution in [2.45, 2.75) is 72.4 Å². The molecule has 2 rings (SSSR count). The summed E-state index contributed by atoms with van der Waals surface area (Å²) in [6, 6.07) is 0. The van der Waals surface area contributed by atoms with Crippen LogP contribution in [0.1, 0.15) is 58.1 Å². The molecule has 0 amide bonds. The van der Waals surface area contributed by atoms with Crippen molar-refractivity contribution in [2.75, 3.05) is 5.73 Å². The lowest BCUT2D eigenvalue weighted by molar-refractivity contribution is 0.556. The molecule has 0 aliphatic heterocycles. The van der Waals surface area contributed by atoms with E-state index >= 15 is 0 Å². The van der Waals surface area contributed by atoms with E-state index in [1.165, 1.54) is 32.1 Å². The van der Waals surface area contributed by atoms with E-state index in [9.17, 15) is 0 Å². The van der Waals surface area contributed by atoms with Gasteiger partial charge in [-0.05, 0) is 20.3 Å². The highest BCUT2D eigenvalue weighted by atomic mass is 15.4. The molecule has 0 bridgehead atoms. The fraction of sp³-hybridized carbons (Fsp3) is 0.733. The third-order valence-corrected chi connectivity index (χ3v) is 3.86. The lowest BCUT2D eigenvalue weighted by Gasteiger charge is -2.08. The van der Waals surface area contributed by atoms with Crippen LogP contribution in [-0.2, 0) is 13.1 Å². The third-order valence-electron chi connectivity index (χ3n) is 3.86. The minimum atomic E-state index is 0.622. The van der Waals surface area contributed by atoms with E-state index in [0.29, 0.717) is 5.95 Å². The number of hydrogen-bond donors (Lipinski definition) is 1. The van der Waals surface area contributed by atoms with E-state index in [1.807, 2.05) is 11.6 Å². The number of nitrogens with zero attached hydrogens (tertiary/aromatic N) is 4. The predicted molar refractivity (Wildman–Crippen MR) is 83.7 cm³/mol. The van der Waals surface area contributed by atoms with Gasteiger partial charge in [-0.15, -0.1) is 0 Å². The number of aryl methyl sites for hydroxylation is 3. The summed E-state index contributed by atoms with van der Waals surface area (Å²) < 4.78 is 4.13. The van der Waals surface area contributed by atoms with E-state index in [2.05, 4.69) is 28.5 Å². The molecule has 2 aromatic heterocycles. The van der Waals surface area contributed by atoms with Crippen LogP contribution in [0.15, 0.2) is 0 Å². The molecule has 2 aromatic rings. The molecule has 5 nitrogen and oxygen atoms in total. The van der Waals surface area contributed by atoms with Gasteiger partial charge in [0.05, 0.1) is 5.69 Å². The summed E-state index contributed by atoms with van der Waals surface area (Å²) in [4.78, 5) is 4.47. The molecule has 0 aromatic carbocycles. The summed E-state index contributed by atoms with van der Waals surface area (Å²) in [5, 5.41) is 4.52. The minimum absolute atomic E-state index is 0.622. The van der Waals surface area contributed by atoms with E-state index < -0.39 is 0 Å². The molecule has 0 fully saturated rings. The maximum absolute atomic E-state index is 6.06. The van der Waals surface area contributed by atoms with Gasteiger partial charge in [0.25, 0.3) is 0 Å². The molecule has 0 radical (unpaired) electrons. The van der Waals surface area contributed by atoms with Crippen LogP contribution in [0.25, 0.3) is 11.2 Å². The third kappa shape index (κ3) is 2.97. The van der Waals surface area contributed by atoms with Crippen LogP contribution in [0.3, 0.4) is 0 Å². The molecule has 0 spiro atoms. The smallest absolute Gasteiger partial charge is 0.202 e. The number of fused-ring (bicyclic) bond motifs is 1. The van der Waals surface area contributed by atoms with Crippen LogP contribution < -0.4 is 5.73 Å². The molecule has 0 aliphatic carbocycles. The molecule has 0 aliphatic rings. The summed E-state index contributed by atoms with van der Waals surface area (Å²) in [5.41, 5.74) is 9.06. The average molecular weight is 277 g/mol. The monoisotopic (exact) mass is 277 g/mol. The molecule has 0 atom stereocenters. The van der Waals surface area contributed by atoms with Gasteiger partial charge in [0.1, 0.15) is 5.52 Å². The summed E-state index contributed by atoms with van der Waals surface area (Å²) in [5.74, 6) is 0.622. The Labute approximate surface area is 121 Å². The number of rotatable bonds is 8. The number of imidazole rings is 1. The number of hydrogen-bond acceptors (Lipinski definition) is 3. The first-order valence-electron chi connectivity index (χ1n) is 7.88. The zero-order chi connectivity index (χ0) is 14.5. The number of unbranched alkanes of at least 4 members (excludes halogenated alkanes) is 5. The Morgan fingerprint density at radius 3 is 2.45 bits per heavy atom. The average Bonchev–Trinajstić information content (AvgIpc) is 2.92. The topological polar surface area (TPSA) is 61.7 Å². The quantitative estimate of drug-likeness (QED) is 0.751. The Bertz CT molecular complexity index is 552. The first kappa shape index (κ1) is 14.9. The Kier molecular flexibility index (Phi) is 5.04. The van der Waals surface area contributed by atoms with Gasteiger partial charge in [-0.3, -0.25) is 4.57 Å². The lowest BCUT2D eigenvalue weighted by atomic mass is 10.1. The van der Waals surface area contributed by atoms with Gasteiger partial charge >= 0.3 is 0 Å².